The van der Waals surface area contributed by atoms with Crippen LogP contribution in [0.2, 0.25) is 0 Å². The number of nitrogens with zero attached hydrogens (tertiary/aromatic N) is 1. The van der Waals surface area contributed by atoms with Gasteiger partial charge in [0.2, 0.25) is 5.91 Å². The van der Waals surface area contributed by atoms with Crippen LogP contribution in [0, 0.1) is 5.82 Å². The molecule has 1 aromatic rings. The number of aldehydes is 1. The first-order valence-electron chi connectivity index (χ1n) is 5.96. The van der Waals surface area contributed by atoms with Crippen LogP contribution in [0.1, 0.15) is 23.7 Å². The van der Waals surface area contributed by atoms with E-state index in [1.807, 2.05) is 11.8 Å². The highest BCUT2D eigenvalue weighted by Crippen LogP contribution is 2.22. The highest BCUT2D eigenvalue weighted by molar-refractivity contribution is 5.87. The third-order valence-corrected chi connectivity index (χ3v) is 3.09. The predicted molar refractivity (Wildman–Crippen MR) is 66.2 cm³/mol. The maximum Gasteiger partial charge on any atom is 0.242 e. The summed E-state index contributed by atoms with van der Waals surface area (Å²) in [6.07, 6.45) is 1.25. The van der Waals surface area contributed by atoms with Crippen molar-refractivity contribution in [2.45, 2.75) is 19.4 Å². The van der Waals surface area contributed by atoms with Crippen LogP contribution in [0.25, 0.3) is 0 Å². The quantitative estimate of drug-likeness (QED) is 0.824. The molecule has 1 aliphatic rings. The lowest BCUT2D eigenvalue weighted by Gasteiger charge is -2.36. The number of carbonyl (C=O) groups excluding carboxylic acids is 2. The summed E-state index contributed by atoms with van der Waals surface area (Å²) in [4.78, 5) is 24.3. The molecule has 2 rings (SSSR count). The van der Waals surface area contributed by atoms with Crippen molar-refractivity contribution in [3.63, 3.8) is 0 Å². The van der Waals surface area contributed by atoms with Gasteiger partial charge in [0.25, 0.3) is 0 Å². The van der Waals surface area contributed by atoms with Crippen LogP contribution in [0.3, 0.4) is 0 Å². The first kappa shape index (κ1) is 12.5. The van der Waals surface area contributed by atoms with Crippen molar-refractivity contribution in [1.82, 2.24) is 5.32 Å². The molecule has 1 aliphatic heterocycles. The van der Waals surface area contributed by atoms with E-state index in [0.717, 1.165) is 0 Å². The van der Waals surface area contributed by atoms with E-state index in [2.05, 4.69) is 5.32 Å². The Labute approximate surface area is 105 Å². The minimum absolute atomic E-state index is 0.0549. The fourth-order valence-electron chi connectivity index (χ4n) is 2.26. The average Bonchev–Trinajstić information content (AvgIpc) is 2.37. The fraction of sp³-hybridized carbons (Fsp3) is 0.385. The zero-order valence-corrected chi connectivity index (χ0v) is 10.1. The number of halogens is 1. The number of hydrogen-bond donors (Lipinski definition) is 1. The van der Waals surface area contributed by atoms with E-state index in [1.54, 1.807) is 6.07 Å². The van der Waals surface area contributed by atoms with Crippen molar-refractivity contribution < 1.29 is 14.0 Å². The number of carbonyl (C=O) groups is 2. The second-order valence-electron chi connectivity index (χ2n) is 4.27. The smallest absolute Gasteiger partial charge is 0.242 e. The molecule has 1 amide bonds. The van der Waals surface area contributed by atoms with Crippen LogP contribution in [0.15, 0.2) is 18.2 Å². The molecule has 0 aromatic heterocycles. The van der Waals surface area contributed by atoms with Gasteiger partial charge >= 0.3 is 0 Å². The maximum atomic E-state index is 13.4. The van der Waals surface area contributed by atoms with Crippen molar-refractivity contribution in [1.29, 1.82) is 0 Å². The van der Waals surface area contributed by atoms with Crippen LogP contribution in [-0.2, 0) is 4.79 Å². The highest BCUT2D eigenvalue weighted by atomic mass is 19.1. The van der Waals surface area contributed by atoms with Crippen LogP contribution in [0.5, 0.6) is 0 Å². The summed E-state index contributed by atoms with van der Waals surface area (Å²) in [6, 6.07) is 3.84. The van der Waals surface area contributed by atoms with E-state index in [0.29, 0.717) is 31.5 Å². The third-order valence-electron chi connectivity index (χ3n) is 3.09. The number of anilines is 1. The lowest BCUT2D eigenvalue weighted by molar-refractivity contribution is -0.123. The minimum atomic E-state index is -0.463. The monoisotopic (exact) mass is 250 g/mol. The Balaban J connectivity index is 2.36. The SMILES string of the molecule is CCC1C(=O)NCCN1c1cc(F)cc(C=O)c1. The van der Waals surface area contributed by atoms with Gasteiger partial charge < -0.3 is 10.2 Å². The molecule has 96 valence electrons. The van der Waals surface area contributed by atoms with Gasteiger partial charge in [0.1, 0.15) is 18.1 Å². The zero-order valence-electron chi connectivity index (χ0n) is 10.1. The lowest BCUT2D eigenvalue weighted by Crippen LogP contribution is -2.55. The third kappa shape index (κ3) is 2.34. The van der Waals surface area contributed by atoms with Gasteiger partial charge in [-0.3, -0.25) is 9.59 Å². The molecular formula is C13H15FN2O2. The van der Waals surface area contributed by atoms with Gasteiger partial charge in [0.15, 0.2) is 0 Å². The Hall–Kier alpha value is -1.91. The molecule has 0 radical (unpaired) electrons. The highest BCUT2D eigenvalue weighted by Gasteiger charge is 2.28. The summed E-state index contributed by atoms with van der Waals surface area (Å²) >= 11 is 0. The van der Waals surface area contributed by atoms with Crippen molar-refractivity contribution in [2.24, 2.45) is 0 Å². The fourth-order valence-corrected chi connectivity index (χ4v) is 2.26. The molecule has 18 heavy (non-hydrogen) atoms. The van der Waals surface area contributed by atoms with Crippen LogP contribution >= 0.6 is 0 Å². The topological polar surface area (TPSA) is 49.4 Å². The summed E-state index contributed by atoms with van der Waals surface area (Å²) in [7, 11) is 0. The number of nitrogens with one attached hydrogen (secondary N) is 1. The molecule has 4 nitrogen and oxygen atoms in total. The van der Waals surface area contributed by atoms with Gasteiger partial charge in [-0.25, -0.2) is 4.39 Å². The molecule has 1 saturated heterocycles. The Bertz CT molecular complexity index is 476. The Morgan fingerprint density at radius 1 is 1.50 bits per heavy atom. The number of piperazine rings is 1. The average molecular weight is 250 g/mol. The number of rotatable bonds is 3. The second-order valence-corrected chi connectivity index (χ2v) is 4.27. The van der Waals surface area contributed by atoms with Gasteiger partial charge in [0, 0.05) is 24.3 Å². The second kappa shape index (κ2) is 5.16. The van der Waals surface area contributed by atoms with E-state index in [9.17, 15) is 14.0 Å². The summed E-state index contributed by atoms with van der Waals surface area (Å²) in [5.41, 5.74) is 0.865. The Morgan fingerprint density at radius 2 is 2.28 bits per heavy atom. The molecule has 1 atom stereocenters. The molecule has 1 heterocycles. The number of benzene rings is 1. The molecule has 0 aliphatic carbocycles. The summed E-state index contributed by atoms with van der Waals surface area (Å²) in [5, 5.41) is 2.78. The van der Waals surface area contributed by atoms with Gasteiger partial charge in [-0.05, 0) is 24.6 Å². The van der Waals surface area contributed by atoms with E-state index < -0.39 is 5.82 Å². The predicted octanol–water partition coefficient (Wildman–Crippen LogP) is 1.35. The minimum Gasteiger partial charge on any atom is -0.358 e. The molecule has 1 fully saturated rings. The lowest BCUT2D eigenvalue weighted by atomic mass is 10.1. The van der Waals surface area contributed by atoms with Crippen LogP contribution in [0.4, 0.5) is 10.1 Å². The van der Waals surface area contributed by atoms with Crippen molar-refractivity contribution >= 4 is 17.9 Å². The molecule has 1 aromatic carbocycles. The summed E-state index contributed by atoms with van der Waals surface area (Å²) in [6.45, 7) is 3.05. The first-order valence-corrected chi connectivity index (χ1v) is 5.96. The maximum absolute atomic E-state index is 13.4. The van der Waals surface area contributed by atoms with Gasteiger partial charge in [-0.2, -0.15) is 0 Å². The molecule has 1 unspecified atom stereocenters. The summed E-state index contributed by atoms with van der Waals surface area (Å²) < 4.78 is 13.4. The Morgan fingerprint density at radius 3 is 2.94 bits per heavy atom. The number of hydrogen-bond acceptors (Lipinski definition) is 3. The normalized spacial score (nSPS) is 19.6. The van der Waals surface area contributed by atoms with Crippen LogP contribution < -0.4 is 10.2 Å². The van der Waals surface area contributed by atoms with Gasteiger partial charge in [0.05, 0.1) is 0 Å². The van der Waals surface area contributed by atoms with Crippen molar-refractivity contribution in [2.75, 3.05) is 18.0 Å². The van der Waals surface area contributed by atoms with E-state index >= 15 is 0 Å². The molecule has 0 bridgehead atoms. The largest absolute Gasteiger partial charge is 0.358 e. The molecular weight excluding hydrogens is 235 g/mol. The van der Waals surface area contributed by atoms with Crippen molar-refractivity contribution in [3.8, 4) is 0 Å². The molecule has 0 spiro atoms. The molecule has 5 heteroatoms. The molecule has 0 saturated carbocycles. The van der Waals surface area contributed by atoms with E-state index in [1.165, 1.54) is 12.1 Å². The standard InChI is InChI=1S/C13H15FN2O2/c1-2-12-13(18)15-3-4-16(12)11-6-9(8-17)5-10(14)7-11/h5-8,12H,2-4H2,1H3,(H,15,18). The van der Waals surface area contributed by atoms with Crippen LogP contribution in [-0.4, -0.2) is 31.3 Å². The summed E-state index contributed by atoms with van der Waals surface area (Å²) in [5.74, 6) is -0.518. The van der Waals surface area contributed by atoms with Gasteiger partial charge in [-0.15, -0.1) is 0 Å². The van der Waals surface area contributed by atoms with E-state index in [-0.39, 0.29) is 17.5 Å². The zero-order chi connectivity index (χ0) is 13.1. The van der Waals surface area contributed by atoms with E-state index in [4.69, 9.17) is 0 Å². The first-order chi connectivity index (χ1) is 8.65. The van der Waals surface area contributed by atoms with Gasteiger partial charge in [-0.1, -0.05) is 6.92 Å². The Kier molecular flexibility index (Phi) is 3.60. The number of amides is 1. The molecule has 1 N–H and O–H groups in total. The van der Waals surface area contributed by atoms with Crippen molar-refractivity contribution in [3.05, 3.63) is 29.6 Å².